The van der Waals surface area contributed by atoms with Gasteiger partial charge in [-0.2, -0.15) is 0 Å². The van der Waals surface area contributed by atoms with Crippen LogP contribution in [0.4, 0.5) is 4.39 Å². The molecular formula is C9H11BrFNO. The van der Waals surface area contributed by atoms with Crippen LogP contribution in [0.5, 0.6) is 0 Å². The Morgan fingerprint density at radius 2 is 2.46 bits per heavy atom. The molecule has 1 aliphatic carbocycles. The summed E-state index contributed by atoms with van der Waals surface area (Å²) in [6.45, 7) is 0. The second kappa shape index (κ2) is 3.10. The van der Waals surface area contributed by atoms with Gasteiger partial charge in [-0.1, -0.05) is 0 Å². The van der Waals surface area contributed by atoms with Gasteiger partial charge in [0, 0.05) is 12.5 Å². The molecule has 2 N–H and O–H groups in total. The van der Waals surface area contributed by atoms with Crippen LogP contribution in [-0.4, -0.2) is 6.04 Å². The largest absolute Gasteiger partial charge is 0.465 e. The summed E-state index contributed by atoms with van der Waals surface area (Å²) in [6.07, 6.45) is 3.04. The van der Waals surface area contributed by atoms with Crippen molar-refractivity contribution < 1.29 is 8.81 Å². The Morgan fingerprint density at radius 1 is 1.69 bits per heavy atom. The lowest BCUT2D eigenvalue weighted by Crippen LogP contribution is -2.21. The van der Waals surface area contributed by atoms with Crippen LogP contribution in [0.2, 0.25) is 0 Å². The Kier molecular flexibility index (Phi) is 2.20. The van der Waals surface area contributed by atoms with Gasteiger partial charge in [-0.3, -0.25) is 0 Å². The van der Waals surface area contributed by atoms with Gasteiger partial charge in [0.2, 0.25) is 0 Å². The maximum Gasteiger partial charge on any atom is 0.170 e. The van der Waals surface area contributed by atoms with E-state index < -0.39 is 5.67 Å². The molecule has 1 heterocycles. The van der Waals surface area contributed by atoms with Gasteiger partial charge in [0.05, 0.1) is 10.7 Å². The van der Waals surface area contributed by atoms with Crippen LogP contribution in [0.25, 0.3) is 0 Å². The van der Waals surface area contributed by atoms with E-state index in [0.717, 1.165) is 6.42 Å². The molecule has 4 heteroatoms. The van der Waals surface area contributed by atoms with Crippen molar-refractivity contribution in [2.75, 3.05) is 0 Å². The Hall–Kier alpha value is -0.350. The highest BCUT2D eigenvalue weighted by molar-refractivity contribution is 9.10. The second-order valence-corrected chi connectivity index (χ2v) is 4.42. The first-order valence-electron chi connectivity index (χ1n) is 4.30. The lowest BCUT2D eigenvalue weighted by molar-refractivity contribution is 0.135. The zero-order valence-electron chi connectivity index (χ0n) is 7.09. The molecule has 0 radical (unpaired) electrons. The summed E-state index contributed by atoms with van der Waals surface area (Å²) in [5.74, 6) is 0.389. The van der Waals surface area contributed by atoms with Crippen molar-refractivity contribution in [1.82, 2.24) is 0 Å². The Balaban J connectivity index is 2.30. The monoisotopic (exact) mass is 247 g/mol. The van der Waals surface area contributed by atoms with E-state index in [2.05, 4.69) is 15.9 Å². The van der Waals surface area contributed by atoms with E-state index >= 15 is 0 Å². The molecule has 1 aromatic rings. The average molecular weight is 248 g/mol. The molecule has 2 unspecified atom stereocenters. The molecule has 1 saturated carbocycles. The molecule has 1 aliphatic rings. The van der Waals surface area contributed by atoms with E-state index in [1.165, 1.54) is 6.26 Å². The summed E-state index contributed by atoms with van der Waals surface area (Å²) in [6, 6.07) is 1.67. The lowest BCUT2D eigenvalue weighted by Gasteiger charge is -2.16. The fourth-order valence-electron chi connectivity index (χ4n) is 1.85. The molecule has 2 rings (SSSR count). The summed E-state index contributed by atoms with van der Waals surface area (Å²) in [4.78, 5) is 0. The Morgan fingerprint density at radius 3 is 2.92 bits per heavy atom. The zero-order chi connectivity index (χ0) is 9.47. The highest BCUT2D eigenvalue weighted by Crippen LogP contribution is 2.44. The van der Waals surface area contributed by atoms with Crippen molar-refractivity contribution in [3.63, 3.8) is 0 Å². The quantitative estimate of drug-likeness (QED) is 0.829. The van der Waals surface area contributed by atoms with Crippen molar-refractivity contribution in [1.29, 1.82) is 0 Å². The average Bonchev–Trinajstić information content (AvgIpc) is 2.59. The number of nitrogens with two attached hydrogens (primary N) is 1. The predicted molar refractivity (Wildman–Crippen MR) is 51.0 cm³/mol. The molecule has 0 amide bonds. The Labute approximate surface area is 84.4 Å². The smallest absolute Gasteiger partial charge is 0.170 e. The molecule has 13 heavy (non-hydrogen) atoms. The predicted octanol–water partition coefficient (Wildman–Crippen LogP) is 2.72. The summed E-state index contributed by atoms with van der Waals surface area (Å²) < 4.78 is 20.0. The number of halogens is 2. The molecular weight excluding hydrogens is 237 g/mol. The van der Waals surface area contributed by atoms with E-state index in [1.807, 2.05) is 0 Å². The van der Waals surface area contributed by atoms with Gasteiger partial charge in [-0.05, 0) is 34.8 Å². The van der Waals surface area contributed by atoms with Gasteiger partial charge in [0.1, 0.15) is 0 Å². The van der Waals surface area contributed by atoms with Crippen molar-refractivity contribution in [3.8, 4) is 0 Å². The minimum atomic E-state index is -1.36. The molecule has 2 atom stereocenters. The van der Waals surface area contributed by atoms with Crippen molar-refractivity contribution in [3.05, 3.63) is 22.6 Å². The van der Waals surface area contributed by atoms with Crippen LogP contribution < -0.4 is 5.73 Å². The third-order valence-electron chi connectivity index (χ3n) is 2.52. The molecule has 0 bridgehead atoms. The van der Waals surface area contributed by atoms with Crippen molar-refractivity contribution in [2.24, 2.45) is 5.73 Å². The van der Waals surface area contributed by atoms with Gasteiger partial charge < -0.3 is 10.2 Å². The van der Waals surface area contributed by atoms with Crippen LogP contribution in [0, 0.1) is 0 Å². The van der Waals surface area contributed by atoms with Crippen molar-refractivity contribution >= 4 is 15.9 Å². The van der Waals surface area contributed by atoms with Gasteiger partial charge in [0.25, 0.3) is 0 Å². The standard InChI is InChI=1S/C9H11BrFNO/c10-7-2-4-13-8(7)9(11)3-1-6(12)5-9/h2,4,6H,1,3,5,12H2. The van der Waals surface area contributed by atoms with E-state index in [9.17, 15) is 4.39 Å². The number of hydrogen-bond donors (Lipinski definition) is 1. The summed E-state index contributed by atoms with van der Waals surface area (Å²) >= 11 is 3.26. The third kappa shape index (κ3) is 1.53. The lowest BCUT2D eigenvalue weighted by atomic mass is 10.0. The maximum absolute atomic E-state index is 14.2. The number of rotatable bonds is 1. The van der Waals surface area contributed by atoms with Crippen LogP contribution in [-0.2, 0) is 5.67 Å². The van der Waals surface area contributed by atoms with E-state index in [4.69, 9.17) is 10.2 Å². The molecule has 0 aromatic carbocycles. The first kappa shape index (κ1) is 9.21. The van der Waals surface area contributed by atoms with Crippen LogP contribution in [0.15, 0.2) is 21.2 Å². The minimum absolute atomic E-state index is 0.0398. The third-order valence-corrected chi connectivity index (χ3v) is 3.15. The Bertz CT molecular complexity index is 314. The number of furan rings is 1. The number of alkyl halides is 1. The molecule has 1 fully saturated rings. The molecule has 1 aromatic heterocycles. The van der Waals surface area contributed by atoms with E-state index in [0.29, 0.717) is 23.1 Å². The van der Waals surface area contributed by atoms with Gasteiger partial charge in [-0.25, -0.2) is 4.39 Å². The fourth-order valence-corrected chi connectivity index (χ4v) is 2.41. The number of hydrogen-bond acceptors (Lipinski definition) is 2. The van der Waals surface area contributed by atoms with Crippen molar-refractivity contribution in [2.45, 2.75) is 31.0 Å². The molecule has 0 aliphatic heterocycles. The summed E-state index contributed by atoms with van der Waals surface area (Å²) in [5.41, 5.74) is 4.31. The topological polar surface area (TPSA) is 39.2 Å². The molecule has 0 spiro atoms. The highest BCUT2D eigenvalue weighted by atomic mass is 79.9. The highest BCUT2D eigenvalue weighted by Gasteiger charge is 2.43. The van der Waals surface area contributed by atoms with Crippen LogP contribution in [0.3, 0.4) is 0 Å². The van der Waals surface area contributed by atoms with E-state index in [1.54, 1.807) is 6.07 Å². The van der Waals surface area contributed by atoms with Gasteiger partial charge in [-0.15, -0.1) is 0 Å². The van der Waals surface area contributed by atoms with Gasteiger partial charge >= 0.3 is 0 Å². The zero-order valence-corrected chi connectivity index (χ0v) is 8.68. The minimum Gasteiger partial charge on any atom is -0.465 e. The van der Waals surface area contributed by atoms with Crippen LogP contribution in [0.1, 0.15) is 25.0 Å². The van der Waals surface area contributed by atoms with Crippen LogP contribution >= 0.6 is 15.9 Å². The second-order valence-electron chi connectivity index (χ2n) is 3.57. The summed E-state index contributed by atoms with van der Waals surface area (Å²) in [7, 11) is 0. The van der Waals surface area contributed by atoms with E-state index in [-0.39, 0.29) is 6.04 Å². The normalized spacial score (nSPS) is 33.9. The fraction of sp³-hybridized carbons (Fsp3) is 0.556. The summed E-state index contributed by atoms with van der Waals surface area (Å²) in [5, 5.41) is 0. The molecule has 72 valence electrons. The van der Waals surface area contributed by atoms with Gasteiger partial charge in [0.15, 0.2) is 11.4 Å². The first-order chi connectivity index (χ1) is 6.12. The maximum atomic E-state index is 14.2. The first-order valence-corrected chi connectivity index (χ1v) is 5.09. The SMILES string of the molecule is NC1CCC(F)(c2occc2Br)C1. The molecule has 2 nitrogen and oxygen atoms in total. The molecule has 0 saturated heterocycles.